The van der Waals surface area contributed by atoms with Gasteiger partial charge in [-0.15, -0.1) is 13.2 Å². The summed E-state index contributed by atoms with van der Waals surface area (Å²) in [5.74, 6) is -0.803. The number of ether oxygens (including phenoxy) is 1. The molecule has 1 atom stereocenters. The minimum Gasteiger partial charge on any atom is -0.406 e. The van der Waals surface area contributed by atoms with Crippen molar-refractivity contribution in [3.63, 3.8) is 0 Å². The molecule has 0 aliphatic rings. The van der Waals surface area contributed by atoms with Crippen molar-refractivity contribution in [3.8, 4) is 5.75 Å². The van der Waals surface area contributed by atoms with Gasteiger partial charge in [-0.25, -0.2) is 4.98 Å². The van der Waals surface area contributed by atoms with E-state index in [-0.39, 0.29) is 10.9 Å². The average molecular weight is 360 g/mol. The van der Waals surface area contributed by atoms with Gasteiger partial charge >= 0.3 is 6.36 Å². The highest BCUT2D eigenvalue weighted by molar-refractivity contribution is 6.32. The summed E-state index contributed by atoms with van der Waals surface area (Å²) in [6.45, 7) is 1.55. The highest BCUT2D eigenvalue weighted by Crippen LogP contribution is 2.25. The number of amides is 1. The molecule has 128 valence electrons. The number of pyridine rings is 1. The molecule has 1 heterocycles. The van der Waals surface area contributed by atoms with E-state index in [1.54, 1.807) is 19.1 Å². The molecular weight excluding hydrogens is 347 g/mol. The first-order valence-electron chi connectivity index (χ1n) is 6.78. The van der Waals surface area contributed by atoms with Crippen LogP contribution in [0.1, 0.15) is 6.92 Å². The number of carbonyl (C=O) groups is 1. The quantitative estimate of drug-likeness (QED) is 0.790. The summed E-state index contributed by atoms with van der Waals surface area (Å²) in [4.78, 5) is 15.9. The van der Waals surface area contributed by atoms with E-state index in [2.05, 4.69) is 20.4 Å². The number of anilines is 2. The molecule has 9 heteroatoms. The Labute approximate surface area is 140 Å². The number of nitrogens with zero attached hydrogens (tertiary/aromatic N) is 1. The molecule has 0 bridgehead atoms. The van der Waals surface area contributed by atoms with E-state index in [4.69, 9.17) is 11.6 Å². The van der Waals surface area contributed by atoms with Gasteiger partial charge in [0.1, 0.15) is 11.8 Å². The van der Waals surface area contributed by atoms with E-state index in [0.717, 1.165) is 6.07 Å². The van der Waals surface area contributed by atoms with Crippen LogP contribution in [0.15, 0.2) is 42.6 Å². The summed E-state index contributed by atoms with van der Waals surface area (Å²) < 4.78 is 40.5. The summed E-state index contributed by atoms with van der Waals surface area (Å²) >= 11 is 5.85. The first kappa shape index (κ1) is 17.9. The predicted molar refractivity (Wildman–Crippen MR) is 84.1 cm³/mol. The summed E-state index contributed by atoms with van der Waals surface area (Å²) in [5.41, 5.74) is 0.642. The lowest BCUT2D eigenvalue weighted by Gasteiger charge is -2.16. The first-order chi connectivity index (χ1) is 11.2. The van der Waals surface area contributed by atoms with Crippen molar-refractivity contribution in [3.05, 3.63) is 47.7 Å². The highest BCUT2D eigenvalue weighted by atomic mass is 35.5. The van der Waals surface area contributed by atoms with Crippen LogP contribution in [-0.2, 0) is 4.79 Å². The number of alkyl halides is 3. The van der Waals surface area contributed by atoms with Crippen LogP contribution in [0, 0.1) is 0 Å². The summed E-state index contributed by atoms with van der Waals surface area (Å²) in [5, 5.41) is 5.50. The number of rotatable bonds is 5. The molecule has 2 aromatic rings. The number of hydrogen-bond donors (Lipinski definition) is 2. The van der Waals surface area contributed by atoms with E-state index in [1.165, 1.54) is 24.4 Å². The number of nitrogens with one attached hydrogen (secondary N) is 2. The fraction of sp³-hybridized carbons (Fsp3) is 0.200. The lowest BCUT2D eigenvalue weighted by Crippen LogP contribution is -2.32. The van der Waals surface area contributed by atoms with Gasteiger partial charge in [-0.2, -0.15) is 0 Å². The van der Waals surface area contributed by atoms with E-state index in [0.29, 0.717) is 11.4 Å². The molecule has 0 radical (unpaired) electrons. The Bertz CT molecular complexity index is 725. The Kier molecular flexibility index (Phi) is 5.50. The van der Waals surface area contributed by atoms with Gasteiger partial charge in [-0.05, 0) is 31.2 Å². The number of aromatic nitrogens is 1. The number of halogens is 4. The van der Waals surface area contributed by atoms with Crippen molar-refractivity contribution in [1.82, 2.24) is 4.98 Å². The topological polar surface area (TPSA) is 63.2 Å². The molecule has 1 aromatic carbocycles. The zero-order valence-corrected chi connectivity index (χ0v) is 13.2. The molecule has 0 aliphatic heterocycles. The van der Waals surface area contributed by atoms with E-state index >= 15 is 0 Å². The third kappa shape index (κ3) is 5.31. The van der Waals surface area contributed by atoms with E-state index in [9.17, 15) is 18.0 Å². The third-order valence-electron chi connectivity index (χ3n) is 2.86. The molecule has 0 aliphatic carbocycles. The van der Waals surface area contributed by atoms with Crippen molar-refractivity contribution in [2.45, 2.75) is 19.3 Å². The first-order valence-corrected chi connectivity index (χ1v) is 7.16. The van der Waals surface area contributed by atoms with Crippen LogP contribution in [0.2, 0.25) is 5.15 Å². The molecule has 1 amide bonds. The Hall–Kier alpha value is -2.48. The lowest BCUT2D eigenvalue weighted by atomic mass is 10.2. The second-order valence-corrected chi connectivity index (χ2v) is 5.13. The van der Waals surface area contributed by atoms with Gasteiger partial charge in [0, 0.05) is 18.0 Å². The lowest BCUT2D eigenvalue weighted by molar-refractivity contribution is -0.274. The molecule has 0 saturated carbocycles. The molecule has 24 heavy (non-hydrogen) atoms. The van der Waals surface area contributed by atoms with Gasteiger partial charge in [0.25, 0.3) is 0 Å². The largest absolute Gasteiger partial charge is 0.573 e. The fourth-order valence-corrected chi connectivity index (χ4v) is 1.99. The molecule has 0 saturated heterocycles. The van der Waals surface area contributed by atoms with Gasteiger partial charge in [-0.3, -0.25) is 4.79 Å². The zero-order chi connectivity index (χ0) is 17.7. The van der Waals surface area contributed by atoms with Crippen LogP contribution in [-0.4, -0.2) is 23.3 Å². The SMILES string of the molecule is C[C@H](Nc1cccc(OC(F)(F)F)c1)C(=O)Nc1cccnc1Cl. The van der Waals surface area contributed by atoms with Crippen LogP contribution in [0.25, 0.3) is 0 Å². The molecule has 5 nitrogen and oxygen atoms in total. The number of benzene rings is 1. The Balaban J connectivity index is 2.01. The molecular formula is C15H13ClF3N3O2. The van der Waals surface area contributed by atoms with Gasteiger partial charge in [0.2, 0.25) is 5.91 Å². The fourth-order valence-electron chi connectivity index (χ4n) is 1.82. The Morgan fingerprint density at radius 2 is 2.04 bits per heavy atom. The van der Waals surface area contributed by atoms with Gasteiger partial charge in [-0.1, -0.05) is 17.7 Å². The normalized spacial score (nSPS) is 12.4. The van der Waals surface area contributed by atoms with E-state index in [1.807, 2.05) is 0 Å². The summed E-state index contributed by atoms with van der Waals surface area (Å²) in [6.07, 6.45) is -3.30. The molecule has 0 unspecified atom stereocenters. The predicted octanol–water partition coefficient (Wildman–Crippen LogP) is 4.07. The average Bonchev–Trinajstić information content (AvgIpc) is 2.48. The smallest absolute Gasteiger partial charge is 0.406 e. The summed E-state index contributed by atoms with van der Waals surface area (Å²) in [7, 11) is 0. The maximum absolute atomic E-state index is 12.2. The molecule has 2 rings (SSSR count). The minimum atomic E-state index is -4.78. The van der Waals surface area contributed by atoms with Crippen LogP contribution >= 0.6 is 11.6 Å². The van der Waals surface area contributed by atoms with Crippen LogP contribution in [0.4, 0.5) is 24.5 Å². The third-order valence-corrected chi connectivity index (χ3v) is 3.16. The van der Waals surface area contributed by atoms with Gasteiger partial charge < -0.3 is 15.4 Å². The Morgan fingerprint density at radius 1 is 1.29 bits per heavy atom. The van der Waals surface area contributed by atoms with Gasteiger partial charge in [0.15, 0.2) is 5.15 Å². The van der Waals surface area contributed by atoms with Crippen LogP contribution in [0.3, 0.4) is 0 Å². The number of hydrogen-bond acceptors (Lipinski definition) is 4. The standard InChI is InChI=1S/C15H13ClF3N3O2/c1-9(14(23)22-12-6-3-7-20-13(12)16)21-10-4-2-5-11(8-10)24-15(17,18)19/h2-9,21H,1H3,(H,22,23)/t9-/m0/s1. The second-order valence-electron chi connectivity index (χ2n) is 4.77. The Morgan fingerprint density at radius 3 is 2.71 bits per heavy atom. The van der Waals surface area contributed by atoms with Crippen molar-refractivity contribution >= 4 is 28.9 Å². The molecule has 1 aromatic heterocycles. The molecule has 0 spiro atoms. The minimum absolute atomic E-state index is 0.138. The molecule has 2 N–H and O–H groups in total. The number of carbonyl (C=O) groups excluding carboxylic acids is 1. The maximum Gasteiger partial charge on any atom is 0.573 e. The monoisotopic (exact) mass is 359 g/mol. The highest BCUT2D eigenvalue weighted by Gasteiger charge is 2.31. The van der Waals surface area contributed by atoms with Crippen molar-refractivity contribution < 1.29 is 22.7 Å². The van der Waals surface area contributed by atoms with Crippen molar-refractivity contribution in [1.29, 1.82) is 0 Å². The van der Waals surface area contributed by atoms with Crippen LogP contribution < -0.4 is 15.4 Å². The maximum atomic E-state index is 12.2. The summed E-state index contributed by atoms with van der Waals surface area (Å²) in [6, 6.07) is 7.67. The van der Waals surface area contributed by atoms with Crippen molar-refractivity contribution in [2.24, 2.45) is 0 Å². The van der Waals surface area contributed by atoms with Gasteiger partial charge in [0.05, 0.1) is 5.69 Å². The molecule has 0 fully saturated rings. The van der Waals surface area contributed by atoms with Crippen LogP contribution in [0.5, 0.6) is 5.75 Å². The van der Waals surface area contributed by atoms with Crippen molar-refractivity contribution in [2.75, 3.05) is 10.6 Å². The van der Waals surface area contributed by atoms with E-state index < -0.39 is 18.3 Å². The zero-order valence-electron chi connectivity index (χ0n) is 12.4. The second kappa shape index (κ2) is 7.39.